The van der Waals surface area contributed by atoms with Gasteiger partial charge in [0.15, 0.2) is 0 Å². The van der Waals surface area contributed by atoms with Gasteiger partial charge in [-0.25, -0.2) is 0 Å². The molecule has 0 aliphatic heterocycles. The normalized spacial score (nSPS) is 14.0. The summed E-state index contributed by atoms with van der Waals surface area (Å²) >= 11 is 6.10. The van der Waals surface area contributed by atoms with Gasteiger partial charge >= 0.3 is 6.18 Å². The summed E-state index contributed by atoms with van der Waals surface area (Å²) in [6.07, 6.45) is -4.19. The molecule has 2 aromatic carbocycles. The number of nitrogens with zero attached hydrogens (tertiary/aromatic N) is 1. The number of carbonyl (C=O) groups is 1. The number of para-hydroxylation sites is 1. The standard InChI is InChI=1S/C22H19ClF3NO/c1-21(14-22(24,25)26,12-15-6-3-2-4-7-15)19(28)11-16-10-17-8-5-9-18(23)20(17)27-13-16/h2-10,13H,11-12,14H2,1H3. The summed E-state index contributed by atoms with van der Waals surface area (Å²) in [5.41, 5.74) is 0.318. The van der Waals surface area contributed by atoms with Crippen LogP contribution in [0.25, 0.3) is 10.9 Å². The summed E-state index contributed by atoms with van der Waals surface area (Å²) < 4.78 is 39.7. The van der Waals surface area contributed by atoms with Gasteiger partial charge in [0.1, 0.15) is 5.78 Å². The van der Waals surface area contributed by atoms with Crippen LogP contribution in [0.5, 0.6) is 0 Å². The second-order valence-electron chi connectivity index (χ2n) is 7.27. The van der Waals surface area contributed by atoms with Gasteiger partial charge in [0.05, 0.1) is 17.0 Å². The van der Waals surface area contributed by atoms with Crippen molar-refractivity contribution in [3.05, 3.63) is 76.9 Å². The van der Waals surface area contributed by atoms with Gasteiger partial charge < -0.3 is 0 Å². The maximum Gasteiger partial charge on any atom is 0.390 e. The van der Waals surface area contributed by atoms with Gasteiger partial charge in [-0.1, -0.05) is 61.0 Å². The SMILES string of the molecule is CC(Cc1ccccc1)(CC(F)(F)F)C(=O)Cc1cnc2c(Cl)cccc2c1. The topological polar surface area (TPSA) is 30.0 Å². The van der Waals surface area contributed by atoms with Crippen molar-refractivity contribution >= 4 is 28.3 Å². The van der Waals surface area contributed by atoms with Crippen molar-refractivity contribution < 1.29 is 18.0 Å². The molecule has 0 spiro atoms. The van der Waals surface area contributed by atoms with E-state index in [1.54, 1.807) is 54.6 Å². The summed E-state index contributed by atoms with van der Waals surface area (Å²) in [4.78, 5) is 17.2. The average Bonchev–Trinajstić information content (AvgIpc) is 2.61. The molecule has 28 heavy (non-hydrogen) atoms. The van der Waals surface area contributed by atoms with Crippen LogP contribution < -0.4 is 0 Å². The summed E-state index contributed by atoms with van der Waals surface area (Å²) in [5.74, 6) is -0.461. The van der Waals surface area contributed by atoms with Crippen LogP contribution in [0.4, 0.5) is 13.2 Å². The summed E-state index contributed by atoms with van der Waals surface area (Å²) in [6.45, 7) is 1.39. The third-order valence-corrected chi connectivity index (χ3v) is 5.09. The molecular formula is C22H19ClF3NO. The van der Waals surface area contributed by atoms with Gasteiger partial charge in [-0.15, -0.1) is 0 Å². The Kier molecular flexibility index (Phi) is 5.75. The third-order valence-electron chi connectivity index (χ3n) is 4.78. The lowest BCUT2D eigenvalue weighted by atomic mass is 9.75. The highest BCUT2D eigenvalue weighted by Gasteiger charge is 2.43. The highest BCUT2D eigenvalue weighted by Crippen LogP contribution is 2.38. The highest BCUT2D eigenvalue weighted by molar-refractivity contribution is 6.35. The smallest absolute Gasteiger partial charge is 0.299 e. The van der Waals surface area contributed by atoms with E-state index in [1.165, 1.54) is 13.1 Å². The number of alkyl halides is 3. The number of halogens is 4. The average molecular weight is 406 g/mol. The first-order valence-electron chi connectivity index (χ1n) is 8.83. The zero-order valence-electron chi connectivity index (χ0n) is 15.3. The Morgan fingerprint density at radius 2 is 1.75 bits per heavy atom. The van der Waals surface area contributed by atoms with Crippen molar-refractivity contribution in [2.24, 2.45) is 5.41 Å². The van der Waals surface area contributed by atoms with Crippen LogP contribution in [0, 0.1) is 5.41 Å². The number of carbonyl (C=O) groups excluding carboxylic acids is 1. The summed E-state index contributed by atoms with van der Waals surface area (Å²) in [6, 6.07) is 15.8. The first kappa shape index (κ1) is 20.3. The first-order valence-corrected chi connectivity index (χ1v) is 9.21. The highest BCUT2D eigenvalue weighted by atomic mass is 35.5. The molecule has 2 nitrogen and oxygen atoms in total. The van der Waals surface area contributed by atoms with E-state index in [-0.39, 0.29) is 12.8 Å². The second kappa shape index (κ2) is 7.92. The largest absolute Gasteiger partial charge is 0.390 e. The predicted molar refractivity (Wildman–Crippen MR) is 104 cm³/mol. The molecule has 3 rings (SSSR count). The second-order valence-corrected chi connectivity index (χ2v) is 7.68. The van der Waals surface area contributed by atoms with Crippen LogP contribution in [0.3, 0.4) is 0 Å². The lowest BCUT2D eigenvalue weighted by Crippen LogP contribution is -2.36. The predicted octanol–water partition coefficient (Wildman–Crippen LogP) is 6.20. The van der Waals surface area contributed by atoms with E-state index in [0.29, 0.717) is 21.7 Å². The Morgan fingerprint density at radius 3 is 2.43 bits per heavy atom. The van der Waals surface area contributed by atoms with Gasteiger partial charge in [-0.2, -0.15) is 13.2 Å². The molecule has 0 aliphatic rings. The number of aromatic nitrogens is 1. The van der Waals surface area contributed by atoms with Crippen LogP contribution in [-0.4, -0.2) is 16.9 Å². The van der Waals surface area contributed by atoms with E-state index in [1.807, 2.05) is 0 Å². The van der Waals surface area contributed by atoms with Gasteiger partial charge in [0.25, 0.3) is 0 Å². The number of hydrogen-bond acceptors (Lipinski definition) is 2. The van der Waals surface area contributed by atoms with E-state index >= 15 is 0 Å². The Morgan fingerprint density at radius 1 is 1.04 bits per heavy atom. The van der Waals surface area contributed by atoms with Crippen LogP contribution in [-0.2, 0) is 17.6 Å². The maximum atomic E-state index is 13.2. The fraction of sp³-hybridized carbons (Fsp3) is 0.273. The minimum atomic E-state index is -4.44. The van der Waals surface area contributed by atoms with Crippen molar-refractivity contribution in [2.45, 2.75) is 32.4 Å². The zero-order chi connectivity index (χ0) is 20.4. The van der Waals surface area contributed by atoms with Gasteiger partial charge in [0.2, 0.25) is 0 Å². The molecule has 146 valence electrons. The monoisotopic (exact) mass is 405 g/mol. The van der Waals surface area contributed by atoms with E-state index in [9.17, 15) is 18.0 Å². The van der Waals surface area contributed by atoms with Crippen LogP contribution in [0.1, 0.15) is 24.5 Å². The van der Waals surface area contributed by atoms with Crippen molar-refractivity contribution in [3.63, 3.8) is 0 Å². The molecule has 3 aromatic rings. The molecule has 1 atom stereocenters. The van der Waals surface area contributed by atoms with Gasteiger partial charge in [-0.3, -0.25) is 9.78 Å². The van der Waals surface area contributed by atoms with Crippen molar-refractivity contribution in [1.29, 1.82) is 0 Å². The molecule has 0 N–H and O–H groups in total. The lowest BCUT2D eigenvalue weighted by molar-refractivity contribution is -0.165. The Hall–Kier alpha value is -2.40. The quantitative estimate of drug-likeness (QED) is 0.488. The maximum absolute atomic E-state index is 13.2. The Bertz CT molecular complexity index is 988. The van der Waals surface area contributed by atoms with Crippen LogP contribution >= 0.6 is 11.6 Å². The first-order chi connectivity index (χ1) is 13.2. The minimum absolute atomic E-state index is 0.0268. The van der Waals surface area contributed by atoms with E-state index in [4.69, 9.17) is 11.6 Å². The van der Waals surface area contributed by atoms with Gasteiger partial charge in [0, 0.05) is 23.4 Å². The van der Waals surface area contributed by atoms with Gasteiger partial charge in [-0.05, 0) is 29.7 Å². The Labute approximate surface area is 166 Å². The molecule has 0 radical (unpaired) electrons. The molecule has 1 heterocycles. The lowest BCUT2D eigenvalue weighted by Gasteiger charge is -2.29. The molecule has 0 saturated carbocycles. The van der Waals surface area contributed by atoms with Crippen LogP contribution in [0.2, 0.25) is 5.02 Å². The number of rotatable bonds is 6. The summed E-state index contributed by atoms with van der Waals surface area (Å²) in [7, 11) is 0. The fourth-order valence-electron chi connectivity index (χ4n) is 3.41. The van der Waals surface area contributed by atoms with E-state index < -0.39 is 23.8 Å². The zero-order valence-corrected chi connectivity index (χ0v) is 16.0. The molecule has 1 unspecified atom stereocenters. The molecule has 0 fully saturated rings. The third kappa shape index (κ3) is 4.90. The van der Waals surface area contributed by atoms with Crippen LogP contribution in [0.15, 0.2) is 60.8 Å². The molecular weight excluding hydrogens is 387 g/mol. The van der Waals surface area contributed by atoms with Crippen molar-refractivity contribution in [2.75, 3.05) is 0 Å². The number of Topliss-reactive ketones (excluding diaryl/α,β-unsaturated/α-hetero) is 1. The molecule has 1 aromatic heterocycles. The van der Waals surface area contributed by atoms with Crippen molar-refractivity contribution in [1.82, 2.24) is 4.98 Å². The molecule has 0 amide bonds. The molecule has 0 bridgehead atoms. The molecule has 0 aliphatic carbocycles. The van der Waals surface area contributed by atoms with Crippen molar-refractivity contribution in [3.8, 4) is 0 Å². The van der Waals surface area contributed by atoms with E-state index in [0.717, 1.165) is 5.39 Å². The minimum Gasteiger partial charge on any atom is -0.299 e. The number of ketones is 1. The Balaban J connectivity index is 1.88. The summed E-state index contributed by atoms with van der Waals surface area (Å²) in [5, 5.41) is 1.24. The number of pyridine rings is 1. The molecule has 0 saturated heterocycles. The fourth-order valence-corrected chi connectivity index (χ4v) is 3.64. The molecule has 6 heteroatoms. The van der Waals surface area contributed by atoms with E-state index in [2.05, 4.69) is 4.98 Å². The number of benzene rings is 2. The number of fused-ring (bicyclic) bond motifs is 1. The number of hydrogen-bond donors (Lipinski definition) is 0.